The van der Waals surface area contributed by atoms with Crippen LogP contribution in [0, 0.1) is 6.92 Å². The number of aliphatic hydroxyl groups excluding tert-OH is 2. The normalized spacial score (nSPS) is 18.3. The molecule has 0 bridgehead atoms. The Morgan fingerprint density at radius 2 is 1.83 bits per heavy atom. The number of β-amino-alcohol motifs (C(OH)–C–C–N with tert-alkyl or cyclic N) is 1. The average molecular weight is 397 g/mol. The zero-order valence-corrected chi connectivity index (χ0v) is 16.3. The molecule has 1 aliphatic heterocycles. The number of aliphatic hydroxyl groups is 2. The van der Waals surface area contributed by atoms with E-state index in [-0.39, 0.29) is 36.0 Å². The fraction of sp³-hybridized carbons (Fsp3) is 0.273. The minimum absolute atomic E-state index is 0.0690. The summed E-state index contributed by atoms with van der Waals surface area (Å²) in [4.78, 5) is 26.6. The maximum Gasteiger partial charge on any atom is 0.295 e. The van der Waals surface area contributed by atoms with Crippen molar-refractivity contribution in [2.75, 3.05) is 19.8 Å². The molecule has 7 heteroatoms. The van der Waals surface area contributed by atoms with Crippen molar-refractivity contribution in [1.82, 2.24) is 4.90 Å². The van der Waals surface area contributed by atoms with Crippen LogP contribution in [-0.2, 0) is 9.59 Å². The zero-order valence-electron chi connectivity index (χ0n) is 16.3. The molecule has 0 radical (unpaired) electrons. The van der Waals surface area contributed by atoms with Crippen LogP contribution in [0.4, 0.5) is 0 Å². The molecule has 1 heterocycles. The Kier molecular flexibility index (Phi) is 5.89. The van der Waals surface area contributed by atoms with E-state index in [0.717, 1.165) is 5.56 Å². The Bertz CT molecular complexity index is 964. The van der Waals surface area contributed by atoms with Gasteiger partial charge < -0.3 is 25.0 Å². The van der Waals surface area contributed by atoms with Crippen LogP contribution in [-0.4, -0.2) is 51.7 Å². The van der Waals surface area contributed by atoms with Crippen LogP contribution in [0.2, 0.25) is 0 Å². The van der Waals surface area contributed by atoms with Crippen LogP contribution in [0.3, 0.4) is 0 Å². The van der Waals surface area contributed by atoms with Crippen molar-refractivity contribution in [3.05, 3.63) is 64.7 Å². The number of carbonyl (C=O) groups is 2. The fourth-order valence-electron chi connectivity index (χ4n) is 3.40. The lowest BCUT2D eigenvalue weighted by molar-refractivity contribution is -0.140. The molecule has 3 rings (SSSR count). The van der Waals surface area contributed by atoms with Crippen molar-refractivity contribution in [2.24, 2.45) is 0 Å². The van der Waals surface area contributed by atoms with Gasteiger partial charge in [0.1, 0.15) is 5.76 Å². The molecule has 1 aliphatic rings. The number of likely N-dealkylation sites (tertiary alicyclic amines) is 1. The molecule has 2 aromatic carbocycles. The van der Waals surface area contributed by atoms with Gasteiger partial charge in [0, 0.05) is 12.1 Å². The molecule has 29 heavy (non-hydrogen) atoms. The monoisotopic (exact) mass is 397 g/mol. The number of Topliss-reactive ketones (excluding diaryl/α,β-unsaturated/α-hetero) is 1. The number of phenols is 1. The van der Waals surface area contributed by atoms with Gasteiger partial charge in [-0.25, -0.2) is 0 Å². The molecule has 3 N–H and O–H groups in total. The minimum atomic E-state index is -0.914. The number of hydrogen-bond donors (Lipinski definition) is 3. The van der Waals surface area contributed by atoms with E-state index in [1.54, 1.807) is 37.3 Å². The van der Waals surface area contributed by atoms with Gasteiger partial charge in [0.25, 0.3) is 11.7 Å². The first-order valence-electron chi connectivity index (χ1n) is 9.31. The van der Waals surface area contributed by atoms with E-state index in [1.807, 2.05) is 6.92 Å². The summed E-state index contributed by atoms with van der Waals surface area (Å²) >= 11 is 0. The number of aryl methyl sites for hydroxylation is 1. The fourth-order valence-corrected chi connectivity index (χ4v) is 3.40. The number of phenolic OH excluding ortho intramolecular Hbond substituents is 1. The Morgan fingerprint density at radius 3 is 2.45 bits per heavy atom. The third-order valence-electron chi connectivity index (χ3n) is 4.81. The van der Waals surface area contributed by atoms with Crippen molar-refractivity contribution < 1.29 is 29.6 Å². The first kappa shape index (κ1) is 20.4. The summed E-state index contributed by atoms with van der Waals surface area (Å²) in [6.45, 7) is 3.56. The molecule has 0 aromatic heterocycles. The highest BCUT2D eigenvalue weighted by atomic mass is 16.5. The molecule has 0 aliphatic carbocycles. The van der Waals surface area contributed by atoms with E-state index >= 15 is 0 Å². The van der Waals surface area contributed by atoms with Crippen LogP contribution >= 0.6 is 0 Å². The summed E-state index contributed by atoms with van der Waals surface area (Å²) < 4.78 is 5.41. The van der Waals surface area contributed by atoms with Gasteiger partial charge in [-0.2, -0.15) is 0 Å². The first-order valence-corrected chi connectivity index (χ1v) is 9.31. The molecule has 152 valence electrons. The smallest absolute Gasteiger partial charge is 0.295 e. The first-order chi connectivity index (χ1) is 13.9. The summed E-state index contributed by atoms with van der Waals surface area (Å²) in [5, 5.41) is 30.3. The predicted octanol–water partition coefficient (Wildman–Crippen LogP) is 2.51. The highest BCUT2D eigenvalue weighted by Gasteiger charge is 2.46. The van der Waals surface area contributed by atoms with Gasteiger partial charge in [-0.15, -0.1) is 0 Å². The second-order valence-electron chi connectivity index (χ2n) is 6.74. The van der Waals surface area contributed by atoms with Gasteiger partial charge >= 0.3 is 0 Å². The lowest BCUT2D eigenvalue weighted by Crippen LogP contribution is -2.32. The number of carbonyl (C=O) groups excluding carboxylic acids is 2. The Labute approximate surface area is 168 Å². The topological polar surface area (TPSA) is 107 Å². The molecule has 7 nitrogen and oxygen atoms in total. The van der Waals surface area contributed by atoms with Crippen molar-refractivity contribution >= 4 is 17.4 Å². The van der Waals surface area contributed by atoms with Crippen molar-refractivity contribution in [3.63, 3.8) is 0 Å². The zero-order chi connectivity index (χ0) is 21.1. The number of nitrogens with zero attached hydrogens (tertiary/aromatic N) is 1. The predicted molar refractivity (Wildman–Crippen MR) is 107 cm³/mol. The molecule has 0 unspecified atom stereocenters. The molecule has 1 amide bonds. The van der Waals surface area contributed by atoms with E-state index in [0.29, 0.717) is 17.7 Å². The van der Waals surface area contributed by atoms with Gasteiger partial charge in [0.2, 0.25) is 0 Å². The molecule has 1 fully saturated rings. The van der Waals surface area contributed by atoms with Crippen molar-refractivity contribution in [3.8, 4) is 11.5 Å². The van der Waals surface area contributed by atoms with Gasteiger partial charge in [-0.05, 0) is 31.5 Å². The third kappa shape index (κ3) is 3.82. The van der Waals surface area contributed by atoms with E-state index in [9.17, 15) is 24.9 Å². The number of aromatic hydroxyl groups is 1. The van der Waals surface area contributed by atoms with Crippen LogP contribution in [0.5, 0.6) is 11.5 Å². The summed E-state index contributed by atoms with van der Waals surface area (Å²) in [7, 11) is 0. The standard InChI is InChI=1S/C22H23NO6/c1-3-29-17-12-15(8-9-16(17)25)19-18(21(27)22(28)23(19)10-11-24)20(26)14-6-4-13(2)5-7-14/h4-9,12,19,24-26H,3,10-11H2,1-2H3/t19-/m0/s1. The van der Waals surface area contributed by atoms with E-state index < -0.39 is 17.7 Å². The lowest BCUT2D eigenvalue weighted by Gasteiger charge is -2.25. The number of rotatable bonds is 6. The third-order valence-corrected chi connectivity index (χ3v) is 4.81. The number of ether oxygens (including phenoxy) is 1. The van der Waals surface area contributed by atoms with Crippen molar-refractivity contribution in [2.45, 2.75) is 19.9 Å². The largest absolute Gasteiger partial charge is 0.507 e. The maximum atomic E-state index is 12.8. The molecular formula is C22H23NO6. The molecule has 2 aromatic rings. The van der Waals surface area contributed by atoms with Gasteiger partial charge in [0.05, 0.1) is 24.8 Å². The van der Waals surface area contributed by atoms with Crippen LogP contribution < -0.4 is 4.74 Å². The van der Waals surface area contributed by atoms with E-state index in [4.69, 9.17) is 4.74 Å². The lowest BCUT2D eigenvalue weighted by atomic mass is 9.94. The van der Waals surface area contributed by atoms with E-state index in [2.05, 4.69) is 0 Å². The number of ketones is 1. The quantitative estimate of drug-likeness (QED) is 0.393. The second kappa shape index (κ2) is 8.36. The summed E-state index contributed by atoms with van der Waals surface area (Å²) in [5.41, 5.74) is 1.80. The molecule has 1 saturated heterocycles. The van der Waals surface area contributed by atoms with Gasteiger partial charge in [-0.3, -0.25) is 9.59 Å². The van der Waals surface area contributed by atoms with Crippen LogP contribution in [0.25, 0.3) is 5.76 Å². The maximum absolute atomic E-state index is 12.8. The van der Waals surface area contributed by atoms with Crippen LogP contribution in [0.1, 0.15) is 29.7 Å². The van der Waals surface area contributed by atoms with E-state index in [1.165, 1.54) is 17.0 Å². The SMILES string of the molecule is CCOc1cc([C@H]2C(=C(O)c3ccc(C)cc3)C(=O)C(=O)N2CCO)ccc1O. The van der Waals surface area contributed by atoms with Crippen molar-refractivity contribution in [1.29, 1.82) is 0 Å². The average Bonchev–Trinajstić information content (AvgIpc) is 2.95. The Morgan fingerprint density at radius 1 is 1.14 bits per heavy atom. The van der Waals surface area contributed by atoms with Gasteiger partial charge in [-0.1, -0.05) is 35.9 Å². The number of hydrogen-bond acceptors (Lipinski definition) is 6. The second-order valence-corrected chi connectivity index (χ2v) is 6.74. The van der Waals surface area contributed by atoms with Crippen LogP contribution in [0.15, 0.2) is 48.0 Å². The number of amides is 1. The Hall–Kier alpha value is -3.32. The Balaban J connectivity index is 2.19. The summed E-state index contributed by atoms with van der Waals surface area (Å²) in [6, 6.07) is 10.5. The highest BCUT2D eigenvalue weighted by Crippen LogP contribution is 2.41. The summed E-state index contributed by atoms with van der Waals surface area (Å²) in [5.74, 6) is -1.79. The minimum Gasteiger partial charge on any atom is -0.507 e. The number of benzene rings is 2. The summed E-state index contributed by atoms with van der Waals surface area (Å²) in [6.07, 6.45) is 0. The highest BCUT2D eigenvalue weighted by molar-refractivity contribution is 6.46. The molecule has 0 saturated carbocycles. The molecule has 0 spiro atoms. The molecule has 1 atom stereocenters. The van der Waals surface area contributed by atoms with Gasteiger partial charge in [0.15, 0.2) is 11.5 Å². The molecular weight excluding hydrogens is 374 g/mol.